The molecule has 3 rings (SSSR count). The lowest BCUT2D eigenvalue weighted by Crippen LogP contribution is -2.45. The van der Waals surface area contributed by atoms with Gasteiger partial charge in [-0.3, -0.25) is 4.79 Å². The van der Waals surface area contributed by atoms with E-state index in [1.807, 2.05) is 6.07 Å². The van der Waals surface area contributed by atoms with Crippen molar-refractivity contribution in [3.05, 3.63) is 29.7 Å². The van der Waals surface area contributed by atoms with E-state index in [0.29, 0.717) is 5.69 Å². The average molecular weight is 277 g/mol. The number of piperidine rings is 1. The van der Waals surface area contributed by atoms with Crippen LogP contribution in [0.3, 0.4) is 0 Å². The van der Waals surface area contributed by atoms with Crippen molar-refractivity contribution in [2.24, 2.45) is 0 Å². The Labute approximate surface area is 115 Å². The van der Waals surface area contributed by atoms with E-state index in [0.717, 1.165) is 36.5 Å². The summed E-state index contributed by atoms with van der Waals surface area (Å²) in [7, 11) is 0. The first-order chi connectivity index (χ1) is 9.33. The van der Waals surface area contributed by atoms with Crippen LogP contribution in [0.5, 0.6) is 0 Å². The fourth-order valence-corrected chi connectivity index (χ4v) is 2.92. The molecule has 6 heteroatoms. The van der Waals surface area contributed by atoms with E-state index >= 15 is 0 Å². The van der Waals surface area contributed by atoms with Crippen LogP contribution in [0.15, 0.2) is 28.4 Å². The Morgan fingerprint density at radius 1 is 1.58 bits per heavy atom. The van der Waals surface area contributed by atoms with Gasteiger partial charge in [-0.15, -0.1) is 11.3 Å². The Hall–Kier alpha value is -1.66. The predicted octanol–water partition coefficient (Wildman–Crippen LogP) is 1.88. The number of nitrogens with zero attached hydrogens (tertiary/aromatic N) is 1. The first-order valence-electron chi connectivity index (χ1n) is 6.32. The fraction of sp³-hybridized carbons (Fsp3) is 0.385. The van der Waals surface area contributed by atoms with Gasteiger partial charge in [0.25, 0.3) is 5.91 Å². The molecule has 0 spiro atoms. The van der Waals surface area contributed by atoms with Gasteiger partial charge >= 0.3 is 0 Å². The SMILES string of the molecule is O=C(N[C@H]1CCCNC1)c1csc(-c2ccoc2)n1. The lowest BCUT2D eigenvalue weighted by Gasteiger charge is -2.23. The Bertz CT molecular complexity index is 544. The minimum Gasteiger partial charge on any atom is -0.472 e. The monoisotopic (exact) mass is 277 g/mol. The van der Waals surface area contributed by atoms with Gasteiger partial charge in [0.1, 0.15) is 17.0 Å². The molecule has 0 saturated carbocycles. The maximum Gasteiger partial charge on any atom is 0.271 e. The van der Waals surface area contributed by atoms with Gasteiger partial charge in [0, 0.05) is 23.5 Å². The molecule has 3 heterocycles. The maximum atomic E-state index is 12.1. The van der Waals surface area contributed by atoms with E-state index in [1.165, 1.54) is 11.3 Å². The first-order valence-corrected chi connectivity index (χ1v) is 7.20. The predicted molar refractivity (Wildman–Crippen MR) is 73.2 cm³/mol. The quantitative estimate of drug-likeness (QED) is 0.899. The van der Waals surface area contributed by atoms with Gasteiger partial charge < -0.3 is 15.1 Å². The van der Waals surface area contributed by atoms with Crippen molar-refractivity contribution in [3.63, 3.8) is 0 Å². The highest BCUT2D eigenvalue weighted by atomic mass is 32.1. The summed E-state index contributed by atoms with van der Waals surface area (Å²) in [6.45, 7) is 1.87. The highest BCUT2D eigenvalue weighted by molar-refractivity contribution is 7.13. The summed E-state index contributed by atoms with van der Waals surface area (Å²) in [5.41, 5.74) is 1.38. The zero-order chi connectivity index (χ0) is 13.1. The molecule has 0 unspecified atom stereocenters. The van der Waals surface area contributed by atoms with Crippen molar-refractivity contribution >= 4 is 17.2 Å². The fourth-order valence-electron chi connectivity index (χ4n) is 2.13. The summed E-state index contributed by atoms with van der Waals surface area (Å²) < 4.78 is 5.02. The van der Waals surface area contributed by atoms with E-state index in [9.17, 15) is 4.79 Å². The molecule has 2 aromatic heterocycles. The molecule has 2 aromatic rings. The van der Waals surface area contributed by atoms with E-state index in [1.54, 1.807) is 17.9 Å². The van der Waals surface area contributed by atoms with E-state index in [-0.39, 0.29) is 11.9 Å². The number of amides is 1. The molecule has 0 aromatic carbocycles. The molecular weight excluding hydrogens is 262 g/mol. The van der Waals surface area contributed by atoms with Crippen LogP contribution >= 0.6 is 11.3 Å². The van der Waals surface area contributed by atoms with Gasteiger partial charge in [0.2, 0.25) is 0 Å². The zero-order valence-electron chi connectivity index (χ0n) is 10.4. The Kier molecular flexibility index (Phi) is 3.61. The van der Waals surface area contributed by atoms with Gasteiger partial charge in [-0.1, -0.05) is 0 Å². The summed E-state index contributed by atoms with van der Waals surface area (Å²) in [5.74, 6) is -0.0975. The molecule has 1 atom stereocenters. The van der Waals surface area contributed by atoms with Gasteiger partial charge in [0.05, 0.1) is 6.26 Å². The van der Waals surface area contributed by atoms with Gasteiger partial charge in [-0.2, -0.15) is 0 Å². The van der Waals surface area contributed by atoms with Crippen LogP contribution < -0.4 is 10.6 Å². The normalized spacial score (nSPS) is 19.3. The van der Waals surface area contributed by atoms with Crippen molar-refractivity contribution in [1.82, 2.24) is 15.6 Å². The third kappa shape index (κ3) is 2.85. The average Bonchev–Trinajstić information content (AvgIpc) is 3.11. The van der Waals surface area contributed by atoms with Gasteiger partial charge in [0.15, 0.2) is 0 Å². The number of rotatable bonds is 3. The topological polar surface area (TPSA) is 67.2 Å². The van der Waals surface area contributed by atoms with Crippen LogP contribution in [0, 0.1) is 0 Å². The molecule has 1 fully saturated rings. The number of nitrogens with one attached hydrogen (secondary N) is 2. The lowest BCUT2D eigenvalue weighted by molar-refractivity contribution is 0.0926. The van der Waals surface area contributed by atoms with Crippen molar-refractivity contribution in [2.45, 2.75) is 18.9 Å². The number of thiazole rings is 1. The Morgan fingerprint density at radius 2 is 2.53 bits per heavy atom. The second-order valence-electron chi connectivity index (χ2n) is 4.57. The van der Waals surface area contributed by atoms with Crippen molar-refractivity contribution < 1.29 is 9.21 Å². The van der Waals surface area contributed by atoms with Crippen molar-refractivity contribution in [2.75, 3.05) is 13.1 Å². The third-order valence-electron chi connectivity index (χ3n) is 3.14. The second-order valence-corrected chi connectivity index (χ2v) is 5.42. The minimum absolute atomic E-state index is 0.0975. The van der Waals surface area contributed by atoms with Crippen LogP contribution in [0.2, 0.25) is 0 Å². The molecular formula is C13H15N3O2S. The molecule has 0 aliphatic carbocycles. The number of furan rings is 1. The van der Waals surface area contributed by atoms with Crippen LogP contribution in [-0.4, -0.2) is 30.0 Å². The van der Waals surface area contributed by atoms with E-state index in [2.05, 4.69) is 15.6 Å². The number of aromatic nitrogens is 1. The highest BCUT2D eigenvalue weighted by Gasteiger charge is 2.18. The standard InChI is InChI=1S/C13H15N3O2S/c17-12(15-10-2-1-4-14-6-10)11-8-19-13(16-11)9-3-5-18-7-9/h3,5,7-8,10,14H,1-2,4,6H2,(H,15,17)/t10-/m0/s1. The molecule has 2 N–H and O–H groups in total. The third-order valence-corrected chi connectivity index (χ3v) is 4.03. The molecule has 100 valence electrons. The van der Waals surface area contributed by atoms with Crippen LogP contribution in [0.1, 0.15) is 23.3 Å². The van der Waals surface area contributed by atoms with Crippen LogP contribution in [0.4, 0.5) is 0 Å². The maximum absolute atomic E-state index is 12.1. The highest BCUT2D eigenvalue weighted by Crippen LogP contribution is 2.23. The summed E-state index contributed by atoms with van der Waals surface area (Å²) in [4.78, 5) is 16.4. The second kappa shape index (κ2) is 5.54. The van der Waals surface area contributed by atoms with Crippen LogP contribution in [0.25, 0.3) is 10.6 Å². The molecule has 5 nitrogen and oxygen atoms in total. The zero-order valence-corrected chi connectivity index (χ0v) is 11.2. The molecule has 1 aliphatic rings. The molecule has 1 aliphatic heterocycles. The van der Waals surface area contributed by atoms with E-state index in [4.69, 9.17) is 4.42 Å². The Morgan fingerprint density at radius 3 is 3.26 bits per heavy atom. The van der Waals surface area contributed by atoms with Gasteiger partial charge in [-0.05, 0) is 25.5 Å². The first kappa shape index (κ1) is 12.4. The summed E-state index contributed by atoms with van der Waals surface area (Å²) in [6.07, 6.45) is 5.36. The molecule has 1 saturated heterocycles. The minimum atomic E-state index is -0.0975. The summed E-state index contributed by atoms with van der Waals surface area (Å²) in [5, 5.41) is 8.88. The number of carbonyl (C=O) groups is 1. The van der Waals surface area contributed by atoms with Crippen LogP contribution in [-0.2, 0) is 0 Å². The number of hydrogen-bond acceptors (Lipinski definition) is 5. The van der Waals surface area contributed by atoms with E-state index < -0.39 is 0 Å². The lowest BCUT2D eigenvalue weighted by atomic mass is 10.1. The molecule has 0 radical (unpaired) electrons. The van der Waals surface area contributed by atoms with Crippen molar-refractivity contribution in [1.29, 1.82) is 0 Å². The molecule has 0 bridgehead atoms. The van der Waals surface area contributed by atoms with Crippen molar-refractivity contribution in [3.8, 4) is 10.6 Å². The summed E-state index contributed by atoms with van der Waals surface area (Å²) in [6, 6.07) is 2.05. The summed E-state index contributed by atoms with van der Waals surface area (Å²) >= 11 is 1.45. The number of hydrogen-bond donors (Lipinski definition) is 2. The number of carbonyl (C=O) groups excluding carboxylic acids is 1. The smallest absolute Gasteiger partial charge is 0.271 e. The molecule has 19 heavy (non-hydrogen) atoms. The van der Waals surface area contributed by atoms with Gasteiger partial charge in [-0.25, -0.2) is 4.98 Å². The largest absolute Gasteiger partial charge is 0.472 e. The molecule has 1 amide bonds. The Balaban J connectivity index is 1.67.